The Labute approximate surface area is 206 Å². The maximum atomic E-state index is 13.2. The highest BCUT2D eigenvalue weighted by Crippen LogP contribution is 2.38. The molecule has 1 aromatic heterocycles. The van der Waals surface area contributed by atoms with E-state index < -0.39 is 11.8 Å². The second kappa shape index (κ2) is 10.8. The molecule has 6 nitrogen and oxygen atoms in total. The van der Waals surface area contributed by atoms with Gasteiger partial charge < -0.3 is 10.2 Å². The van der Waals surface area contributed by atoms with E-state index >= 15 is 0 Å². The van der Waals surface area contributed by atoms with Crippen LogP contribution in [0.2, 0.25) is 0 Å². The summed E-state index contributed by atoms with van der Waals surface area (Å²) in [6.07, 6.45) is 3.93. The van der Waals surface area contributed by atoms with Crippen LogP contribution in [0, 0.1) is 19.8 Å². The number of aryl methyl sites for hydroxylation is 2. The maximum Gasteiger partial charge on any atom is 0.269 e. The van der Waals surface area contributed by atoms with Crippen LogP contribution in [-0.2, 0) is 9.59 Å². The van der Waals surface area contributed by atoms with Gasteiger partial charge >= 0.3 is 0 Å². The van der Waals surface area contributed by atoms with E-state index in [4.69, 9.17) is 11.6 Å². The number of nitrogens with one attached hydrogen (secondary N) is 1. The van der Waals surface area contributed by atoms with Gasteiger partial charge in [0.15, 0.2) is 13.6 Å². The summed E-state index contributed by atoms with van der Waals surface area (Å²) in [6, 6.07) is 9.15. The summed E-state index contributed by atoms with van der Waals surface area (Å²) in [5.74, 6) is -1.59. The molecule has 0 radical (unpaired) electrons. The van der Waals surface area contributed by atoms with Crippen molar-refractivity contribution in [1.29, 1.82) is 0 Å². The van der Waals surface area contributed by atoms with Crippen LogP contribution in [0.5, 0.6) is 0 Å². The number of rotatable bonds is 8. The van der Waals surface area contributed by atoms with Gasteiger partial charge in [-0.15, -0.1) is 0 Å². The summed E-state index contributed by atoms with van der Waals surface area (Å²) >= 11 is 6.06. The summed E-state index contributed by atoms with van der Waals surface area (Å²) < 4.78 is 0. The smallest absolute Gasteiger partial charge is 0.269 e. The molecule has 0 aliphatic heterocycles. The molecular weight excluding hydrogens is 449 g/mol. The van der Waals surface area contributed by atoms with Crippen molar-refractivity contribution in [2.24, 2.45) is 5.92 Å². The van der Waals surface area contributed by atoms with Gasteiger partial charge in [-0.3, -0.25) is 19.4 Å². The summed E-state index contributed by atoms with van der Waals surface area (Å²) in [5.41, 5.74) is 4.55. The van der Waals surface area contributed by atoms with Crippen molar-refractivity contribution in [3.63, 3.8) is 0 Å². The van der Waals surface area contributed by atoms with Crippen LogP contribution < -0.4 is 15.8 Å². The van der Waals surface area contributed by atoms with Crippen LogP contribution in [0.1, 0.15) is 45.9 Å². The third-order valence-electron chi connectivity index (χ3n) is 6.14. The number of hydrogen-bond donors (Lipinski definition) is 1. The molecule has 0 bridgehead atoms. The van der Waals surface area contributed by atoms with Crippen molar-refractivity contribution in [2.75, 3.05) is 18.5 Å². The van der Waals surface area contributed by atoms with E-state index in [1.807, 2.05) is 51.8 Å². The molecule has 3 rings (SSSR count). The Morgan fingerprint density at radius 3 is 2.59 bits per heavy atom. The van der Waals surface area contributed by atoms with E-state index in [0.717, 1.165) is 28.0 Å². The molecule has 1 aromatic carbocycles. The zero-order valence-electron chi connectivity index (χ0n) is 20.0. The lowest BCUT2D eigenvalue weighted by Crippen LogP contribution is -2.29. The number of allylic oxidation sites excluding steroid dienone is 2. The summed E-state index contributed by atoms with van der Waals surface area (Å²) in [5, 5.41) is 3.32. The Kier molecular flexibility index (Phi) is 8.10. The molecule has 2 unspecified atom stereocenters. The van der Waals surface area contributed by atoms with Gasteiger partial charge in [0.25, 0.3) is 5.91 Å². The van der Waals surface area contributed by atoms with Gasteiger partial charge in [-0.1, -0.05) is 30.3 Å². The molecule has 1 N–H and O–H groups in total. The van der Waals surface area contributed by atoms with Gasteiger partial charge in [-0.2, -0.15) is 0 Å². The number of Topliss-reactive ketones (excluding diaryl/α,β-unsaturated/α-hetero) is 2. The monoisotopic (exact) mass is 477 g/mol. The molecule has 1 amide bonds. The molecule has 0 saturated heterocycles. The molecule has 0 spiro atoms. The number of aromatic nitrogens is 1. The van der Waals surface area contributed by atoms with Gasteiger partial charge in [0.1, 0.15) is 17.4 Å². The van der Waals surface area contributed by atoms with Crippen molar-refractivity contribution in [1.82, 2.24) is 10.3 Å². The Morgan fingerprint density at radius 2 is 1.97 bits per heavy atom. The van der Waals surface area contributed by atoms with E-state index in [1.54, 1.807) is 24.4 Å². The minimum atomic E-state index is -0.759. The van der Waals surface area contributed by atoms with Crippen molar-refractivity contribution in [2.45, 2.75) is 32.6 Å². The third kappa shape index (κ3) is 5.65. The predicted octanol–water partition coefficient (Wildman–Crippen LogP) is 2.72. The highest BCUT2D eigenvalue weighted by Gasteiger charge is 2.42. The minimum absolute atomic E-state index is 0.0661. The second-order valence-corrected chi connectivity index (χ2v) is 9.17. The van der Waals surface area contributed by atoms with E-state index in [0.29, 0.717) is 23.7 Å². The van der Waals surface area contributed by atoms with Crippen LogP contribution in [0.25, 0.3) is 0 Å². The van der Waals surface area contributed by atoms with Crippen molar-refractivity contribution < 1.29 is 14.4 Å². The average Bonchev–Trinajstić information content (AvgIpc) is 3.06. The molecule has 8 heteroatoms. The molecule has 2 atom stereocenters. The third-order valence-corrected chi connectivity index (χ3v) is 6.39. The molecule has 2 aromatic rings. The van der Waals surface area contributed by atoms with Crippen molar-refractivity contribution in [3.8, 4) is 0 Å². The highest BCUT2D eigenvalue weighted by atomic mass is 35.5. The normalized spacial score (nSPS) is 18.2. The number of anilines is 1. The SMILES string of the molecule is Bc1cccc(C(=O)NCCC2CC(=O)C(c3c(C)cc(N(C)/C=C(/Cl)C=C)cc3C)C2=O)n1. The number of carbonyl (C=O) groups excluding carboxylic acids is 3. The first-order valence-corrected chi connectivity index (χ1v) is 11.6. The number of ketones is 2. The number of halogens is 1. The van der Waals surface area contributed by atoms with Crippen LogP contribution >= 0.6 is 11.6 Å². The molecule has 1 fully saturated rings. The average molecular weight is 478 g/mol. The highest BCUT2D eigenvalue weighted by molar-refractivity contribution is 6.31. The Morgan fingerprint density at radius 1 is 1.29 bits per heavy atom. The number of nitrogens with zero attached hydrogens (tertiary/aromatic N) is 2. The molecule has 1 aliphatic carbocycles. The summed E-state index contributed by atoms with van der Waals surface area (Å²) in [6.45, 7) is 7.80. The fraction of sp³-hybridized carbons (Fsp3) is 0.308. The zero-order chi connectivity index (χ0) is 25.0. The van der Waals surface area contributed by atoms with Crippen LogP contribution in [-0.4, -0.2) is 43.9 Å². The number of amides is 1. The van der Waals surface area contributed by atoms with Crippen LogP contribution in [0.3, 0.4) is 0 Å². The Balaban J connectivity index is 1.70. The van der Waals surface area contributed by atoms with Gasteiger partial charge in [-0.05, 0) is 66.8 Å². The second-order valence-electron chi connectivity index (χ2n) is 8.73. The quantitative estimate of drug-likeness (QED) is 0.359. The lowest BCUT2D eigenvalue weighted by atomic mass is 9.86. The van der Waals surface area contributed by atoms with Crippen molar-refractivity contribution in [3.05, 3.63) is 76.6 Å². The van der Waals surface area contributed by atoms with Crippen molar-refractivity contribution >= 4 is 48.2 Å². The van der Waals surface area contributed by atoms with Crippen LogP contribution in [0.4, 0.5) is 5.69 Å². The predicted molar refractivity (Wildman–Crippen MR) is 139 cm³/mol. The van der Waals surface area contributed by atoms with E-state index in [2.05, 4.69) is 16.9 Å². The Bertz CT molecular complexity index is 1150. The van der Waals surface area contributed by atoms with E-state index in [9.17, 15) is 14.4 Å². The zero-order valence-corrected chi connectivity index (χ0v) is 20.8. The topological polar surface area (TPSA) is 79.4 Å². The largest absolute Gasteiger partial charge is 0.351 e. The molecule has 1 saturated carbocycles. The lowest BCUT2D eigenvalue weighted by molar-refractivity contribution is -0.124. The standard InChI is InChI=1S/C26H29BClN3O3/c1-5-18(28)14-31(4)19-11-15(2)23(16(3)12-19)24-21(32)13-17(25(24)33)9-10-29-26(34)20-7-6-8-22(27)30-20/h5-8,11-12,14,17,24H,1,9-10,13,27H2,2-4H3,(H,29,34)/b18-14+. The molecule has 176 valence electrons. The first-order valence-electron chi connectivity index (χ1n) is 11.2. The fourth-order valence-corrected chi connectivity index (χ4v) is 4.59. The van der Waals surface area contributed by atoms with E-state index in [-0.39, 0.29) is 23.9 Å². The van der Waals surface area contributed by atoms with E-state index in [1.165, 1.54) is 0 Å². The maximum absolute atomic E-state index is 13.2. The minimum Gasteiger partial charge on any atom is -0.351 e. The summed E-state index contributed by atoms with van der Waals surface area (Å²) in [4.78, 5) is 44.5. The first kappa shape index (κ1) is 25.4. The molecule has 1 aliphatic rings. The molecular formula is C26H29BClN3O3. The summed E-state index contributed by atoms with van der Waals surface area (Å²) in [7, 11) is 3.70. The molecule has 34 heavy (non-hydrogen) atoms. The number of carbonyl (C=O) groups is 3. The first-order chi connectivity index (χ1) is 16.1. The van der Waals surface area contributed by atoms with Gasteiger partial charge in [0, 0.05) is 37.8 Å². The van der Waals surface area contributed by atoms with Gasteiger partial charge in [0.05, 0.1) is 5.03 Å². The Hall–Kier alpha value is -3.19. The fourth-order valence-electron chi connectivity index (χ4n) is 4.45. The number of hydrogen-bond acceptors (Lipinski definition) is 5. The molecule has 1 heterocycles. The lowest BCUT2D eigenvalue weighted by Gasteiger charge is -2.21. The van der Waals surface area contributed by atoms with Crippen LogP contribution in [0.15, 0.2) is 54.2 Å². The number of pyridine rings is 1. The van der Waals surface area contributed by atoms with Gasteiger partial charge in [0.2, 0.25) is 0 Å². The number of benzene rings is 1. The van der Waals surface area contributed by atoms with Gasteiger partial charge in [-0.25, -0.2) is 0 Å².